The lowest BCUT2D eigenvalue weighted by atomic mass is 10.0. The Bertz CT molecular complexity index is 1090. The molecule has 4 rings (SSSR count). The Balaban J connectivity index is 1.89. The number of aliphatic imine (C=N–C) groups is 1. The Hall–Kier alpha value is -3.67. The number of thioether (sulfide) groups is 1. The number of non-ortho nitro benzene ring substituents is 1. The van der Waals surface area contributed by atoms with Crippen LogP contribution in [-0.4, -0.2) is 33.2 Å². The molecule has 0 fully saturated rings. The first-order valence-electron chi connectivity index (χ1n) is 8.35. The standard InChI is InChI=1S/C17H14N6O5S/c1-28-13-5-3-2-4-10(13)14-15-16(19-17(18)29-15)20-21(14)11-7-6-9(22(24)25)8-12(11)23(26)27/h2-8,14-15H,1H3,(H2,18,19,20)/t14-,15+/m1/s1. The maximum Gasteiger partial charge on any atom is 0.301 e. The molecule has 0 saturated carbocycles. The van der Waals surface area contributed by atoms with Gasteiger partial charge in [-0.05, 0) is 12.1 Å². The zero-order chi connectivity index (χ0) is 20.7. The van der Waals surface area contributed by atoms with Crippen LogP contribution < -0.4 is 15.5 Å². The summed E-state index contributed by atoms with van der Waals surface area (Å²) in [7, 11) is 1.53. The molecule has 0 aromatic heterocycles. The van der Waals surface area contributed by atoms with Gasteiger partial charge in [-0.3, -0.25) is 20.2 Å². The monoisotopic (exact) mass is 414 g/mol. The van der Waals surface area contributed by atoms with Crippen molar-refractivity contribution >= 4 is 39.8 Å². The summed E-state index contributed by atoms with van der Waals surface area (Å²) in [5.41, 5.74) is 5.91. The van der Waals surface area contributed by atoms with E-state index in [1.54, 1.807) is 6.07 Å². The summed E-state index contributed by atoms with van der Waals surface area (Å²) in [5.74, 6) is 1.01. The van der Waals surface area contributed by atoms with Crippen molar-refractivity contribution in [3.8, 4) is 5.75 Å². The van der Waals surface area contributed by atoms with Gasteiger partial charge in [-0.15, -0.1) is 0 Å². The molecule has 148 valence electrons. The predicted octanol–water partition coefficient (Wildman–Crippen LogP) is 2.82. The average molecular weight is 414 g/mol. The minimum absolute atomic E-state index is 0.118. The number of hydrogen-bond donors (Lipinski definition) is 1. The molecule has 29 heavy (non-hydrogen) atoms. The molecule has 0 radical (unpaired) electrons. The van der Waals surface area contributed by atoms with Crippen LogP contribution in [0.2, 0.25) is 0 Å². The van der Waals surface area contributed by atoms with Gasteiger partial charge in [0.1, 0.15) is 22.7 Å². The molecular weight excluding hydrogens is 400 g/mol. The van der Waals surface area contributed by atoms with Crippen LogP contribution in [0.1, 0.15) is 11.6 Å². The number of rotatable bonds is 5. The number of amidine groups is 2. The average Bonchev–Trinajstić information content (AvgIpc) is 3.23. The number of nitro groups is 2. The van der Waals surface area contributed by atoms with Crippen molar-refractivity contribution in [1.82, 2.24) is 0 Å². The van der Waals surface area contributed by atoms with E-state index >= 15 is 0 Å². The summed E-state index contributed by atoms with van der Waals surface area (Å²) < 4.78 is 5.47. The molecule has 2 N–H and O–H groups in total. The van der Waals surface area contributed by atoms with E-state index in [2.05, 4.69) is 10.1 Å². The highest BCUT2D eigenvalue weighted by Crippen LogP contribution is 2.48. The van der Waals surface area contributed by atoms with Crippen LogP contribution in [-0.2, 0) is 0 Å². The van der Waals surface area contributed by atoms with Crippen molar-refractivity contribution in [2.24, 2.45) is 15.8 Å². The lowest BCUT2D eigenvalue weighted by Gasteiger charge is -2.27. The number of para-hydroxylation sites is 1. The van der Waals surface area contributed by atoms with Crippen LogP contribution in [0, 0.1) is 20.2 Å². The second-order valence-electron chi connectivity index (χ2n) is 6.17. The molecular formula is C17H14N6O5S. The fourth-order valence-corrected chi connectivity index (χ4v) is 4.35. The summed E-state index contributed by atoms with van der Waals surface area (Å²) in [6, 6.07) is 10.2. The van der Waals surface area contributed by atoms with Gasteiger partial charge in [0.25, 0.3) is 5.69 Å². The number of nitrogens with zero attached hydrogens (tertiary/aromatic N) is 5. The summed E-state index contributed by atoms with van der Waals surface area (Å²) in [4.78, 5) is 25.6. The minimum atomic E-state index is -0.681. The first-order chi connectivity index (χ1) is 13.9. The van der Waals surface area contributed by atoms with E-state index in [-0.39, 0.29) is 16.6 Å². The first kappa shape index (κ1) is 18.7. The molecule has 2 aliphatic rings. The summed E-state index contributed by atoms with van der Waals surface area (Å²) in [5, 5.41) is 28.7. The number of methoxy groups -OCH3 is 1. The number of ether oxygens (including phenoxy) is 1. The molecule has 2 aromatic carbocycles. The van der Waals surface area contributed by atoms with Gasteiger partial charge in [0.2, 0.25) is 0 Å². The van der Waals surface area contributed by atoms with Crippen LogP contribution >= 0.6 is 11.8 Å². The van der Waals surface area contributed by atoms with Crippen LogP contribution in [0.4, 0.5) is 17.1 Å². The van der Waals surface area contributed by atoms with Crippen molar-refractivity contribution in [3.63, 3.8) is 0 Å². The van der Waals surface area contributed by atoms with Gasteiger partial charge in [-0.1, -0.05) is 30.0 Å². The molecule has 0 saturated heterocycles. The van der Waals surface area contributed by atoms with Gasteiger partial charge in [-0.25, -0.2) is 10.0 Å². The summed E-state index contributed by atoms with van der Waals surface area (Å²) >= 11 is 1.30. The lowest BCUT2D eigenvalue weighted by Crippen LogP contribution is -2.27. The molecule has 12 heteroatoms. The molecule has 0 unspecified atom stereocenters. The van der Waals surface area contributed by atoms with Gasteiger partial charge in [0.15, 0.2) is 11.0 Å². The van der Waals surface area contributed by atoms with Crippen LogP contribution in [0.3, 0.4) is 0 Å². The Kier molecular flexibility index (Phi) is 4.54. The Morgan fingerprint density at radius 3 is 2.62 bits per heavy atom. The molecule has 11 nitrogen and oxygen atoms in total. The van der Waals surface area contributed by atoms with E-state index in [1.165, 1.54) is 36.0 Å². The zero-order valence-corrected chi connectivity index (χ0v) is 15.8. The number of nitro benzene ring substituents is 2. The van der Waals surface area contributed by atoms with Gasteiger partial charge in [0, 0.05) is 11.6 Å². The van der Waals surface area contributed by atoms with Crippen molar-refractivity contribution in [2.45, 2.75) is 11.3 Å². The highest BCUT2D eigenvalue weighted by Gasteiger charge is 2.46. The number of fused-ring (bicyclic) bond motifs is 1. The molecule has 0 bridgehead atoms. The number of benzene rings is 2. The van der Waals surface area contributed by atoms with E-state index in [0.29, 0.717) is 16.8 Å². The normalized spacial score (nSPS) is 20.1. The quantitative estimate of drug-likeness (QED) is 0.579. The third-order valence-corrected chi connectivity index (χ3v) is 5.61. The minimum Gasteiger partial charge on any atom is -0.496 e. The summed E-state index contributed by atoms with van der Waals surface area (Å²) in [6.07, 6.45) is 0. The highest BCUT2D eigenvalue weighted by atomic mass is 32.2. The van der Waals surface area contributed by atoms with E-state index in [4.69, 9.17) is 10.5 Å². The zero-order valence-electron chi connectivity index (χ0n) is 15.0. The predicted molar refractivity (Wildman–Crippen MR) is 108 cm³/mol. The topological polar surface area (TPSA) is 149 Å². The van der Waals surface area contributed by atoms with Gasteiger partial charge < -0.3 is 10.5 Å². The van der Waals surface area contributed by atoms with Gasteiger partial charge in [-0.2, -0.15) is 5.10 Å². The molecule has 2 aliphatic heterocycles. The fourth-order valence-electron chi connectivity index (χ4n) is 3.35. The van der Waals surface area contributed by atoms with Crippen LogP contribution in [0.15, 0.2) is 52.6 Å². The van der Waals surface area contributed by atoms with Gasteiger partial charge >= 0.3 is 5.69 Å². The van der Waals surface area contributed by atoms with E-state index in [1.807, 2.05) is 18.2 Å². The molecule has 0 spiro atoms. The van der Waals surface area contributed by atoms with Crippen molar-refractivity contribution in [1.29, 1.82) is 0 Å². The molecule has 2 atom stereocenters. The van der Waals surface area contributed by atoms with Crippen molar-refractivity contribution < 1.29 is 14.6 Å². The van der Waals surface area contributed by atoms with Crippen molar-refractivity contribution in [2.75, 3.05) is 12.1 Å². The first-order valence-corrected chi connectivity index (χ1v) is 9.23. The van der Waals surface area contributed by atoms with Crippen LogP contribution in [0.25, 0.3) is 0 Å². The molecule has 0 amide bonds. The number of hydrazone groups is 1. The third kappa shape index (κ3) is 3.12. The summed E-state index contributed by atoms with van der Waals surface area (Å²) in [6.45, 7) is 0. The number of anilines is 1. The maximum atomic E-state index is 11.6. The highest BCUT2D eigenvalue weighted by molar-refractivity contribution is 8.15. The van der Waals surface area contributed by atoms with Gasteiger partial charge in [0.05, 0.1) is 23.0 Å². The fraction of sp³-hybridized carbons (Fsp3) is 0.176. The maximum absolute atomic E-state index is 11.6. The molecule has 2 heterocycles. The Morgan fingerprint density at radius 1 is 1.17 bits per heavy atom. The third-order valence-electron chi connectivity index (χ3n) is 4.56. The van der Waals surface area contributed by atoms with E-state index < -0.39 is 21.6 Å². The SMILES string of the molecule is COc1ccccc1[C@@H]1[C@@H]2SC(N)=NC2=NN1c1ccc([N+](=O)[O-])cc1[N+](=O)[O-]. The number of hydrogen-bond acceptors (Lipinski definition) is 10. The molecule has 2 aromatic rings. The number of nitrogens with two attached hydrogens (primary N) is 1. The molecule has 0 aliphatic carbocycles. The lowest BCUT2D eigenvalue weighted by molar-refractivity contribution is -0.393. The second-order valence-corrected chi connectivity index (χ2v) is 7.33. The smallest absolute Gasteiger partial charge is 0.301 e. The largest absolute Gasteiger partial charge is 0.496 e. The van der Waals surface area contributed by atoms with Crippen LogP contribution in [0.5, 0.6) is 5.75 Å². The van der Waals surface area contributed by atoms with E-state index in [9.17, 15) is 20.2 Å². The second kappa shape index (κ2) is 7.05. The Labute approximate surface area is 168 Å². The Morgan fingerprint density at radius 2 is 1.93 bits per heavy atom. The van der Waals surface area contributed by atoms with Crippen molar-refractivity contribution in [3.05, 3.63) is 68.3 Å². The van der Waals surface area contributed by atoms with E-state index in [0.717, 1.165) is 11.6 Å².